The van der Waals surface area contributed by atoms with Crippen LogP contribution in [-0.2, 0) is 0 Å². The third-order valence-corrected chi connectivity index (χ3v) is 4.04. The molecule has 1 aliphatic rings. The van der Waals surface area contributed by atoms with Gasteiger partial charge in [0, 0.05) is 29.2 Å². The number of benzene rings is 1. The molecule has 88 valence electrons. The fraction of sp³-hybridized carbons (Fsp3) is 0.538. The summed E-state index contributed by atoms with van der Waals surface area (Å²) in [4.78, 5) is 2.33. The summed E-state index contributed by atoms with van der Waals surface area (Å²) in [6, 6.07) is 6.42. The van der Waals surface area contributed by atoms with Crippen molar-refractivity contribution < 1.29 is 0 Å². The topological polar surface area (TPSA) is 29.3 Å². The standard InChI is InChI=1S/C13H19BrN2/c1-10-3-4-11(14)7-12(10)16(2)9-13(8-15)5-6-13/h3-4,7H,5-6,8-9,15H2,1-2H3. The highest BCUT2D eigenvalue weighted by molar-refractivity contribution is 9.10. The van der Waals surface area contributed by atoms with Crippen molar-refractivity contribution in [2.24, 2.45) is 11.1 Å². The van der Waals surface area contributed by atoms with Crippen LogP contribution in [0.1, 0.15) is 18.4 Å². The second-order valence-corrected chi connectivity index (χ2v) is 5.91. The first kappa shape index (κ1) is 11.9. The average Bonchev–Trinajstić information content (AvgIpc) is 3.02. The maximum absolute atomic E-state index is 5.83. The van der Waals surface area contributed by atoms with Crippen molar-refractivity contribution in [2.45, 2.75) is 19.8 Å². The van der Waals surface area contributed by atoms with E-state index in [4.69, 9.17) is 5.73 Å². The van der Waals surface area contributed by atoms with Gasteiger partial charge < -0.3 is 10.6 Å². The first-order valence-corrected chi connectivity index (χ1v) is 6.53. The molecule has 0 saturated heterocycles. The van der Waals surface area contributed by atoms with Crippen LogP contribution in [0.15, 0.2) is 22.7 Å². The predicted octanol–water partition coefficient (Wildman–Crippen LogP) is 2.93. The molecule has 2 rings (SSSR count). The van der Waals surface area contributed by atoms with E-state index in [1.54, 1.807) is 0 Å². The summed E-state index contributed by atoms with van der Waals surface area (Å²) in [5.74, 6) is 0. The number of rotatable bonds is 4. The Kier molecular flexibility index (Phi) is 3.27. The van der Waals surface area contributed by atoms with Gasteiger partial charge in [0.25, 0.3) is 0 Å². The molecule has 0 amide bonds. The van der Waals surface area contributed by atoms with Crippen LogP contribution in [0.5, 0.6) is 0 Å². The number of hydrogen-bond donors (Lipinski definition) is 1. The Labute approximate surface area is 106 Å². The molecule has 2 N–H and O–H groups in total. The van der Waals surface area contributed by atoms with Gasteiger partial charge in [-0.25, -0.2) is 0 Å². The molecule has 1 aliphatic carbocycles. The summed E-state index contributed by atoms with van der Waals surface area (Å²) in [5.41, 5.74) is 8.84. The highest BCUT2D eigenvalue weighted by atomic mass is 79.9. The van der Waals surface area contributed by atoms with Crippen molar-refractivity contribution in [2.75, 3.05) is 25.0 Å². The molecule has 1 saturated carbocycles. The second kappa shape index (κ2) is 4.38. The Morgan fingerprint density at radius 1 is 1.44 bits per heavy atom. The Hall–Kier alpha value is -0.540. The Morgan fingerprint density at radius 2 is 2.12 bits per heavy atom. The van der Waals surface area contributed by atoms with E-state index >= 15 is 0 Å². The Bertz CT molecular complexity index is 386. The average molecular weight is 283 g/mol. The van der Waals surface area contributed by atoms with Gasteiger partial charge in [-0.2, -0.15) is 0 Å². The van der Waals surface area contributed by atoms with Crippen LogP contribution >= 0.6 is 15.9 Å². The van der Waals surface area contributed by atoms with Gasteiger partial charge >= 0.3 is 0 Å². The quantitative estimate of drug-likeness (QED) is 0.920. The molecule has 0 bridgehead atoms. The molecule has 0 atom stereocenters. The van der Waals surface area contributed by atoms with Crippen molar-refractivity contribution in [1.82, 2.24) is 0 Å². The molecular weight excluding hydrogens is 264 g/mol. The molecule has 1 aromatic rings. The number of anilines is 1. The molecule has 16 heavy (non-hydrogen) atoms. The van der Waals surface area contributed by atoms with Crippen LogP contribution in [0.4, 0.5) is 5.69 Å². The molecule has 1 fully saturated rings. The van der Waals surface area contributed by atoms with E-state index in [0.717, 1.165) is 17.6 Å². The van der Waals surface area contributed by atoms with Crippen molar-refractivity contribution >= 4 is 21.6 Å². The Balaban J connectivity index is 2.14. The van der Waals surface area contributed by atoms with Gasteiger partial charge in [-0.3, -0.25) is 0 Å². The first-order valence-electron chi connectivity index (χ1n) is 5.74. The van der Waals surface area contributed by atoms with Gasteiger partial charge in [0.05, 0.1) is 0 Å². The van der Waals surface area contributed by atoms with E-state index in [-0.39, 0.29) is 0 Å². The van der Waals surface area contributed by atoms with Crippen LogP contribution in [-0.4, -0.2) is 20.1 Å². The van der Waals surface area contributed by atoms with E-state index in [1.165, 1.54) is 24.1 Å². The molecule has 0 aromatic heterocycles. The molecule has 0 aliphatic heterocycles. The highest BCUT2D eigenvalue weighted by Crippen LogP contribution is 2.45. The summed E-state index contributed by atoms with van der Waals surface area (Å²) in [7, 11) is 2.16. The lowest BCUT2D eigenvalue weighted by Gasteiger charge is -2.26. The molecule has 1 aromatic carbocycles. The molecule has 0 spiro atoms. The van der Waals surface area contributed by atoms with E-state index in [0.29, 0.717) is 5.41 Å². The SMILES string of the molecule is Cc1ccc(Br)cc1N(C)CC1(CN)CC1. The van der Waals surface area contributed by atoms with Gasteiger partial charge in [0.2, 0.25) is 0 Å². The summed E-state index contributed by atoms with van der Waals surface area (Å²) in [5, 5.41) is 0. The van der Waals surface area contributed by atoms with E-state index in [2.05, 4.69) is 53.0 Å². The van der Waals surface area contributed by atoms with Gasteiger partial charge in [0.15, 0.2) is 0 Å². The lowest BCUT2D eigenvalue weighted by atomic mass is 10.1. The second-order valence-electron chi connectivity index (χ2n) is 4.99. The van der Waals surface area contributed by atoms with Crippen LogP contribution < -0.4 is 10.6 Å². The van der Waals surface area contributed by atoms with E-state index in [1.807, 2.05) is 0 Å². The maximum atomic E-state index is 5.83. The monoisotopic (exact) mass is 282 g/mol. The number of hydrogen-bond acceptors (Lipinski definition) is 2. The van der Waals surface area contributed by atoms with Crippen LogP contribution in [0.25, 0.3) is 0 Å². The molecule has 0 radical (unpaired) electrons. The molecule has 2 nitrogen and oxygen atoms in total. The van der Waals surface area contributed by atoms with Crippen LogP contribution in [0, 0.1) is 12.3 Å². The number of nitrogens with zero attached hydrogens (tertiary/aromatic N) is 1. The van der Waals surface area contributed by atoms with Crippen molar-refractivity contribution in [1.29, 1.82) is 0 Å². The van der Waals surface area contributed by atoms with Crippen molar-refractivity contribution in [3.8, 4) is 0 Å². The third kappa shape index (κ3) is 2.41. The zero-order chi connectivity index (χ0) is 11.8. The minimum atomic E-state index is 0.392. The predicted molar refractivity (Wildman–Crippen MR) is 72.9 cm³/mol. The largest absolute Gasteiger partial charge is 0.374 e. The number of halogens is 1. The lowest BCUT2D eigenvalue weighted by Crippen LogP contribution is -2.31. The third-order valence-electron chi connectivity index (χ3n) is 3.55. The minimum absolute atomic E-state index is 0.392. The highest BCUT2D eigenvalue weighted by Gasteiger charge is 2.42. The fourth-order valence-electron chi connectivity index (χ4n) is 2.19. The molecular formula is C13H19BrN2. The first-order chi connectivity index (χ1) is 7.56. The van der Waals surface area contributed by atoms with Crippen molar-refractivity contribution in [3.05, 3.63) is 28.2 Å². The van der Waals surface area contributed by atoms with E-state index in [9.17, 15) is 0 Å². The lowest BCUT2D eigenvalue weighted by molar-refractivity contribution is 0.523. The molecule has 0 heterocycles. The smallest absolute Gasteiger partial charge is 0.0404 e. The van der Waals surface area contributed by atoms with Gasteiger partial charge in [-0.15, -0.1) is 0 Å². The number of aryl methyl sites for hydroxylation is 1. The fourth-order valence-corrected chi connectivity index (χ4v) is 2.53. The summed E-state index contributed by atoms with van der Waals surface area (Å²) < 4.78 is 1.14. The van der Waals surface area contributed by atoms with Crippen LogP contribution in [0.2, 0.25) is 0 Å². The molecule has 0 unspecified atom stereocenters. The zero-order valence-corrected chi connectivity index (χ0v) is 11.5. The normalized spacial score (nSPS) is 17.2. The summed E-state index contributed by atoms with van der Waals surface area (Å²) >= 11 is 3.53. The summed E-state index contributed by atoms with van der Waals surface area (Å²) in [6.07, 6.45) is 2.56. The maximum Gasteiger partial charge on any atom is 0.0404 e. The van der Waals surface area contributed by atoms with Gasteiger partial charge in [0.1, 0.15) is 0 Å². The van der Waals surface area contributed by atoms with Gasteiger partial charge in [-0.1, -0.05) is 22.0 Å². The number of nitrogens with two attached hydrogens (primary N) is 1. The molecule has 3 heteroatoms. The zero-order valence-electron chi connectivity index (χ0n) is 9.96. The van der Waals surface area contributed by atoms with E-state index < -0.39 is 0 Å². The summed E-state index contributed by atoms with van der Waals surface area (Å²) in [6.45, 7) is 4.03. The minimum Gasteiger partial charge on any atom is -0.374 e. The van der Waals surface area contributed by atoms with Crippen LogP contribution in [0.3, 0.4) is 0 Å². The Morgan fingerprint density at radius 3 is 2.69 bits per heavy atom. The van der Waals surface area contributed by atoms with Gasteiger partial charge in [-0.05, 0) is 44.0 Å². The van der Waals surface area contributed by atoms with Crippen molar-refractivity contribution in [3.63, 3.8) is 0 Å².